The fourth-order valence-electron chi connectivity index (χ4n) is 5.27. The minimum atomic E-state index is -4.12. The first-order chi connectivity index (χ1) is 22.3. The lowest BCUT2D eigenvalue weighted by atomic mass is 9.86. The molecule has 262 valence electrons. The van der Waals surface area contributed by atoms with Crippen molar-refractivity contribution in [3.8, 4) is 10.4 Å². The maximum absolute atomic E-state index is 14.2. The molecule has 1 aliphatic rings. The van der Waals surface area contributed by atoms with Gasteiger partial charge in [0.05, 0.1) is 21.4 Å². The predicted octanol–water partition coefficient (Wildman–Crippen LogP) is 7.50. The van der Waals surface area contributed by atoms with Crippen LogP contribution < -0.4 is 20.7 Å². The minimum absolute atomic E-state index is 0.0216. The normalized spacial score (nSPS) is 17.5. The van der Waals surface area contributed by atoms with Gasteiger partial charge in [0.15, 0.2) is 8.32 Å². The largest absolute Gasteiger partial charge is 0.465 e. The highest BCUT2D eigenvalue weighted by atomic mass is 32.2. The van der Waals surface area contributed by atoms with E-state index in [2.05, 4.69) is 59.5 Å². The lowest BCUT2D eigenvalue weighted by Crippen LogP contribution is -2.51. The summed E-state index contributed by atoms with van der Waals surface area (Å²) in [5, 5.41) is 18.1. The number of carbonyl (C=O) groups is 2. The van der Waals surface area contributed by atoms with Crippen LogP contribution in [0.3, 0.4) is 0 Å². The van der Waals surface area contributed by atoms with Crippen LogP contribution in [-0.2, 0) is 21.0 Å². The number of sulfonamides is 1. The quantitative estimate of drug-likeness (QED) is 0.121. The van der Waals surface area contributed by atoms with Gasteiger partial charge in [-0.2, -0.15) is 0 Å². The van der Waals surface area contributed by atoms with Gasteiger partial charge >= 0.3 is 12.1 Å². The number of nitrogens with zero attached hydrogens (tertiary/aromatic N) is 1. The molecule has 1 aromatic heterocycles. The Labute approximate surface area is 289 Å². The van der Waals surface area contributed by atoms with Gasteiger partial charge in [-0.25, -0.2) is 27.7 Å². The van der Waals surface area contributed by atoms with E-state index in [1.165, 1.54) is 17.4 Å². The Bertz CT molecular complexity index is 1680. The topological polar surface area (TPSA) is 159 Å². The third-order valence-corrected chi connectivity index (χ3v) is 16.4. The van der Waals surface area contributed by atoms with Crippen LogP contribution in [0.4, 0.5) is 15.3 Å². The fourth-order valence-corrected chi connectivity index (χ4v) is 9.26. The number of amides is 3. The Morgan fingerprint density at radius 1 is 1.02 bits per heavy atom. The molecule has 4 rings (SSSR count). The lowest BCUT2D eigenvalue weighted by Gasteiger charge is -2.39. The van der Waals surface area contributed by atoms with Crippen molar-refractivity contribution in [2.24, 2.45) is 0 Å². The minimum Gasteiger partial charge on any atom is -0.465 e. The van der Waals surface area contributed by atoms with Gasteiger partial charge in [-0.3, -0.25) is 0 Å². The van der Waals surface area contributed by atoms with Gasteiger partial charge in [-0.05, 0) is 75.4 Å². The van der Waals surface area contributed by atoms with E-state index in [9.17, 15) is 18.0 Å². The number of carbonyl (C=O) groups excluding carboxylic acids is 1. The van der Waals surface area contributed by atoms with Crippen molar-refractivity contribution in [3.63, 3.8) is 0 Å². The summed E-state index contributed by atoms with van der Waals surface area (Å²) in [5.41, 5.74) is 0.812. The lowest BCUT2D eigenvalue weighted by molar-refractivity contribution is 0.185. The Kier molecular flexibility index (Phi) is 11.8. The van der Waals surface area contributed by atoms with Crippen molar-refractivity contribution in [3.05, 3.63) is 65.3 Å². The molecule has 2 aromatic carbocycles. The second kappa shape index (κ2) is 15.1. The Hall–Kier alpha value is -3.30. The molecule has 0 atom stereocenters. The van der Waals surface area contributed by atoms with Gasteiger partial charge in [0, 0.05) is 41.5 Å². The summed E-state index contributed by atoms with van der Waals surface area (Å²) in [4.78, 5) is 29.3. The smallest absolute Gasteiger partial charge is 0.404 e. The van der Waals surface area contributed by atoms with Crippen molar-refractivity contribution in [1.29, 1.82) is 0 Å². The van der Waals surface area contributed by atoms with Crippen LogP contribution >= 0.6 is 11.3 Å². The van der Waals surface area contributed by atoms with E-state index in [0.717, 1.165) is 23.4 Å². The zero-order valence-corrected chi connectivity index (χ0v) is 31.5. The zero-order valence-electron chi connectivity index (χ0n) is 28.8. The van der Waals surface area contributed by atoms with Crippen molar-refractivity contribution >= 4 is 47.5 Å². The van der Waals surface area contributed by atoms with E-state index < -0.39 is 36.0 Å². The maximum atomic E-state index is 14.2. The highest BCUT2D eigenvalue weighted by Gasteiger charge is 2.39. The first-order valence-electron chi connectivity index (χ1n) is 16.2. The number of urea groups is 1. The van der Waals surface area contributed by atoms with E-state index in [-0.39, 0.29) is 28.5 Å². The van der Waals surface area contributed by atoms with Gasteiger partial charge in [0.1, 0.15) is 0 Å². The predicted molar refractivity (Wildman–Crippen MR) is 194 cm³/mol. The first kappa shape index (κ1) is 37.5. The molecule has 0 saturated heterocycles. The summed E-state index contributed by atoms with van der Waals surface area (Å²) in [6, 6.07) is 13.8. The van der Waals surface area contributed by atoms with Gasteiger partial charge in [-0.15, -0.1) is 11.3 Å². The summed E-state index contributed by atoms with van der Waals surface area (Å²) >= 11 is 1.44. The Balaban J connectivity index is 1.59. The molecule has 14 heteroatoms. The van der Waals surface area contributed by atoms with Crippen molar-refractivity contribution in [1.82, 2.24) is 20.3 Å². The van der Waals surface area contributed by atoms with Gasteiger partial charge in [0.2, 0.25) is 10.0 Å². The Morgan fingerprint density at radius 2 is 1.69 bits per heavy atom. The SMILES string of the molecule is CC(C)(CO[Si](C)(C)C(C)(C)C)NS(=O)(=O)c1cc(NC(=O)NCc2ccccc2)ccc1-c1cnc(C2CCC(NC(=O)O)CC2)s1. The molecule has 0 radical (unpaired) electrons. The maximum Gasteiger partial charge on any atom is 0.404 e. The fraction of sp³-hybridized carbons (Fsp3) is 0.500. The average molecular weight is 716 g/mol. The number of anilines is 1. The molecule has 5 N–H and O–H groups in total. The highest BCUT2D eigenvalue weighted by Crippen LogP contribution is 2.40. The van der Waals surface area contributed by atoms with Crippen LogP contribution in [0.1, 0.15) is 76.8 Å². The molecule has 0 bridgehead atoms. The molecular formula is C34H49N5O6S2Si. The molecule has 3 amide bonds. The molecule has 0 aliphatic heterocycles. The van der Waals surface area contributed by atoms with Crippen molar-refractivity contribution in [2.75, 3.05) is 11.9 Å². The van der Waals surface area contributed by atoms with E-state index in [4.69, 9.17) is 9.53 Å². The third-order valence-electron chi connectivity index (χ3n) is 9.03. The molecule has 1 aliphatic carbocycles. The number of aromatic nitrogens is 1. The monoisotopic (exact) mass is 715 g/mol. The number of hydrogen-bond donors (Lipinski definition) is 5. The van der Waals surface area contributed by atoms with Gasteiger partial charge < -0.3 is 25.5 Å². The number of carboxylic acid groups (broad SMARTS) is 1. The second-order valence-electron chi connectivity index (χ2n) is 14.6. The molecule has 48 heavy (non-hydrogen) atoms. The molecule has 11 nitrogen and oxygen atoms in total. The average Bonchev–Trinajstić information content (AvgIpc) is 3.49. The van der Waals surface area contributed by atoms with Crippen molar-refractivity contribution in [2.45, 2.75) is 107 Å². The van der Waals surface area contributed by atoms with Crippen LogP contribution in [0.2, 0.25) is 18.1 Å². The van der Waals surface area contributed by atoms with E-state index in [1.54, 1.807) is 32.2 Å². The third kappa shape index (κ3) is 10.1. The molecular weight excluding hydrogens is 667 g/mol. The Morgan fingerprint density at radius 3 is 2.31 bits per heavy atom. The van der Waals surface area contributed by atoms with E-state index >= 15 is 0 Å². The molecule has 0 unspecified atom stereocenters. The van der Waals surface area contributed by atoms with E-state index in [0.29, 0.717) is 35.5 Å². The molecule has 1 fully saturated rings. The van der Waals surface area contributed by atoms with Crippen LogP contribution in [0.25, 0.3) is 10.4 Å². The highest BCUT2D eigenvalue weighted by molar-refractivity contribution is 7.89. The van der Waals surface area contributed by atoms with Gasteiger partial charge in [-0.1, -0.05) is 57.2 Å². The van der Waals surface area contributed by atoms with Crippen LogP contribution in [-0.4, -0.2) is 57.1 Å². The summed E-state index contributed by atoms with van der Waals surface area (Å²) in [6.45, 7) is 14.8. The number of rotatable bonds is 12. The summed E-state index contributed by atoms with van der Waals surface area (Å²) in [6.07, 6.45) is 3.68. The zero-order chi connectivity index (χ0) is 35.3. The number of benzene rings is 2. The van der Waals surface area contributed by atoms with Crippen LogP contribution in [0.15, 0.2) is 59.6 Å². The number of nitrogens with one attached hydrogen (secondary N) is 4. The number of thiazole rings is 1. The summed E-state index contributed by atoms with van der Waals surface area (Å²) < 4.78 is 37.6. The first-order valence-corrected chi connectivity index (χ1v) is 21.4. The molecule has 1 saturated carbocycles. The van der Waals surface area contributed by atoms with Crippen LogP contribution in [0.5, 0.6) is 0 Å². The standard InChI is InChI=1S/C34H49N5O6S2Si/c1-33(2,3)48(6,7)45-22-34(4,5)39-47(43,44)29-19-26(37-31(40)36-20-23-11-9-8-10-12-23)17-18-27(29)28-21-35-30(46-28)24-13-15-25(16-14-24)38-32(41)42/h8-12,17-19,21,24-25,38-39H,13-16,20,22H2,1-7H3,(H,41,42)(H2,36,37,40). The van der Waals surface area contributed by atoms with Crippen molar-refractivity contribution < 1.29 is 27.5 Å². The summed E-state index contributed by atoms with van der Waals surface area (Å²) in [5.74, 6) is 0.162. The van der Waals surface area contributed by atoms with E-state index in [1.807, 2.05) is 30.3 Å². The molecule has 3 aromatic rings. The van der Waals surface area contributed by atoms with Gasteiger partial charge in [0.25, 0.3) is 0 Å². The van der Waals surface area contributed by atoms with Crippen LogP contribution in [0, 0.1) is 0 Å². The molecule has 0 spiro atoms. The summed E-state index contributed by atoms with van der Waals surface area (Å²) in [7, 11) is -6.27. The second-order valence-corrected chi connectivity index (χ2v) is 22.1. The number of hydrogen-bond acceptors (Lipinski definition) is 7. The molecule has 1 heterocycles.